The average molecular weight is 613 g/mol. The summed E-state index contributed by atoms with van der Waals surface area (Å²) < 4.78 is 2.44. The lowest BCUT2D eigenvalue weighted by atomic mass is 9.95. The molecular weight excluding hydrogens is 581 g/mol. The van der Waals surface area contributed by atoms with Crippen molar-refractivity contribution in [2.24, 2.45) is 0 Å². The Bertz CT molecular complexity index is 2730. The summed E-state index contributed by atoms with van der Waals surface area (Å²) in [7, 11) is 0. The van der Waals surface area contributed by atoms with Crippen LogP contribution in [0.15, 0.2) is 164 Å². The number of hydrogen-bond acceptors (Lipinski definition) is 1. The topological polar surface area (TPSA) is 17.8 Å². The Morgan fingerprint density at radius 1 is 0.583 bits per heavy atom. The summed E-state index contributed by atoms with van der Waals surface area (Å²) in [6.07, 6.45) is 5.86. The average Bonchev–Trinajstić information content (AvgIpc) is 3.50. The van der Waals surface area contributed by atoms with Crippen LogP contribution in [0.2, 0.25) is 0 Å². The van der Waals surface area contributed by atoms with Crippen molar-refractivity contribution in [3.63, 3.8) is 0 Å². The Morgan fingerprint density at radius 3 is 2.00 bits per heavy atom. The second-order valence-electron chi connectivity index (χ2n) is 12.4. The molecule has 0 spiro atoms. The van der Waals surface area contributed by atoms with E-state index in [1.807, 2.05) is 6.08 Å². The fraction of sp³-hybridized carbons (Fsp3) is 0.0217. The van der Waals surface area contributed by atoms with Crippen molar-refractivity contribution >= 4 is 60.3 Å². The van der Waals surface area contributed by atoms with Gasteiger partial charge in [-0.25, -0.2) is 4.98 Å². The molecule has 0 unspecified atom stereocenters. The smallest absolute Gasteiger partial charge is 0.0744 e. The lowest BCUT2D eigenvalue weighted by Gasteiger charge is -2.12. The zero-order valence-corrected chi connectivity index (χ0v) is 26.7. The first-order valence-corrected chi connectivity index (χ1v) is 16.4. The summed E-state index contributed by atoms with van der Waals surface area (Å²) in [5, 5.41) is 8.79. The molecule has 0 amide bonds. The molecule has 0 aliphatic carbocycles. The zero-order chi connectivity index (χ0) is 32.2. The maximum atomic E-state index is 5.11. The first-order chi connectivity index (χ1) is 23.7. The van der Waals surface area contributed by atoms with Crippen molar-refractivity contribution in [3.05, 3.63) is 175 Å². The molecule has 2 aromatic heterocycles. The maximum absolute atomic E-state index is 5.11. The van der Waals surface area contributed by atoms with Crippen LogP contribution in [-0.4, -0.2) is 9.55 Å². The highest BCUT2D eigenvalue weighted by Crippen LogP contribution is 2.43. The molecule has 48 heavy (non-hydrogen) atoms. The number of rotatable bonds is 5. The van der Waals surface area contributed by atoms with Crippen LogP contribution >= 0.6 is 0 Å². The van der Waals surface area contributed by atoms with Gasteiger partial charge < -0.3 is 4.57 Å². The highest BCUT2D eigenvalue weighted by molar-refractivity contribution is 6.32. The van der Waals surface area contributed by atoms with Crippen molar-refractivity contribution < 1.29 is 0 Å². The van der Waals surface area contributed by atoms with Gasteiger partial charge in [0.15, 0.2) is 0 Å². The van der Waals surface area contributed by atoms with Gasteiger partial charge in [0.25, 0.3) is 0 Å². The summed E-state index contributed by atoms with van der Waals surface area (Å²) in [5.74, 6) is 0. The SMILES string of the molecule is C=C/C=C\c1ccc2ccc(-c3ccc(-c4ccc5c(c4)c4c6ccccc6c6ccccc6c4n5-c4ccccc4)cc3)nc2c1C. The predicted octanol–water partition coefficient (Wildman–Crippen LogP) is 12.5. The largest absolute Gasteiger partial charge is 0.309 e. The van der Waals surface area contributed by atoms with Gasteiger partial charge >= 0.3 is 0 Å². The molecule has 0 saturated heterocycles. The van der Waals surface area contributed by atoms with Crippen LogP contribution in [0.4, 0.5) is 0 Å². The van der Waals surface area contributed by atoms with Gasteiger partial charge in [0.05, 0.1) is 22.2 Å². The van der Waals surface area contributed by atoms with Gasteiger partial charge in [-0.1, -0.05) is 140 Å². The first-order valence-electron chi connectivity index (χ1n) is 16.4. The summed E-state index contributed by atoms with van der Waals surface area (Å²) >= 11 is 0. The van der Waals surface area contributed by atoms with Gasteiger partial charge in [-0.2, -0.15) is 0 Å². The number of hydrogen-bond donors (Lipinski definition) is 0. The molecule has 0 N–H and O–H groups in total. The molecule has 0 saturated carbocycles. The number of allylic oxidation sites excluding steroid dienone is 2. The van der Waals surface area contributed by atoms with Crippen LogP contribution in [0.5, 0.6) is 0 Å². The maximum Gasteiger partial charge on any atom is 0.0744 e. The Morgan fingerprint density at radius 2 is 1.23 bits per heavy atom. The van der Waals surface area contributed by atoms with E-state index in [0.717, 1.165) is 33.4 Å². The van der Waals surface area contributed by atoms with Gasteiger partial charge in [0.1, 0.15) is 0 Å². The molecule has 0 radical (unpaired) electrons. The van der Waals surface area contributed by atoms with E-state index < -0.39 is 0 Å². The van der Waals surface area contributed by atoms with Crippen molar-refractivity contribution in [2.75, 3.05) is 0 Å². The Hall–Kier alpha value is -6.25. The first kappa shape index (κ1) is 28.0. The summed E-state index contributed by atoms with van der Waals surface area (Å²) in [6.45, 7) is 5.95. The van der Waals surface area contributed by atoms with E-state index >= 15 is 0 Å². The van der Waals surface area contributed by atoms with Crippen molar-refractivity contribution in [1.29, 1.82) is 0 Å². The highest BCUT2D eigenvalue weighted by atomic mass is 15.0. The Kier molecular flexibility index (Phi) is 6.55. The molecule has 7 aromatic carbocycles. The number of para-hydroxylation sites is 1. The third-order valence-corrected chi connectivity index (χ3v) is 9.73. The molecule has 0 atom stereocenters. The number of benzene rings is 7. The quantitative estimate of drug-likeness (QED) is 0.140. The van der Waals surface area contributed by atoms with E-state index in [1.165, 1.54) is 60.0 Å². The molecular formula is C46H32N2. The third kappa shape index (κ3) is 4.38. The predicted molar refractivity (Wildman–Crippen MR) is 206 cm³/mol. The van der Waals surface area contributed by atoms with E-state index in [9.17, 15) is 0 Å². The van der Waals surface area contributed by atoms with E-state index in [-0.39, 0.29) is 0 Å². The number of aryl methyl sites for hydroxylation is 1. The normalized spacial score (nSPS) is 11.9. The summed E-state index contributed by atoms with van der Waals surface area (Å²) in [4.78, 5) is 5.11. The van der Waals surface area contributed by atoms with Crippen LogP contribution < -0.4 is 0 Å². The molecule has 0 aliphatic heterocycles. The van der Waals surface area contributed by atoms with Crippen molar-refractivity contribution in [1.82, 2.24) is 9.55 Å². The van der Waals surface area contributed by atoms with Crippen molar-refractivity contribution in [2.45, 2.75) is 6.92 Å². The summed E-state index contributed by atoms with van der Waals surface area (Å²) in [5.41, 5.74) is 11.4. The number of nitrogens with zero attached hydrogens (tertiary/aromatic N) is 2. The Balaban J connectivity index is 1.22. The zero-order valence-electron chi connectivity index (χ0n) is 26.7. The molecule has 2 nitrogen and oxygen atoms in total. The van der Waals surface area contributed by atoms with Gasteiger partial charge in [-0.15, -0.1) is 0 Å². The molecule has 226 valence electrons. The third-order valence-electron chi connectivity index (χ3n) is 9.73. The molecule has 9 rings (SSSR count). The standard InChI is InChI=1S/C46H32N2/c1-3-4-12-31-19-24-34-25-27-42(47-45(34)30(31)2)33-22-20-32(21-23-33)35-26-28-43-41(29-35)44-39-17-10-8-15-37(39)38-16-9-11-18-40(38)46(44)48(43)36-13-6-5-7-14-36/h3-29H,1H2,2H3/b12-4-. The molecule has 2 heteroatoms. The lowest BCUT2D eigenvalue weighted by Crippen LogP contribution is -1.94. The van der Waals surface area contributed by atoms with Crippen LogP contribution in [0.1, 0.15) is 11.1 Å². The van der Waals surface area contributed by atoms with Crippen LogP contribution in [0.3, 0.4) is 0 Å². The fourth-order valence-corrected chi connectivity index (χ4v) is 7.40. The van der Waals surface area contributed by atoms with Gasteiger partial charge in [0.2, 0.25) is 0 Å². The van der Waals surface area contributed by atoms with E-state index in [0.29, 0.717) is 0 Å². The van der Waals surface area contributed by atoms with Crippen LogP contribution in [-0.2, 0) is 0 Å². The second kappa shape index (κ2) is 11.2. The summed E-state index contributed by atoms with van der Waals surface area (Å²) in [6, 6.07) is 52.7. The minimum Gasteiger partial charge on any atom is -0.309 e. The van der Waals surface area contributed by atoms with Gasteiger partial charge in [0, 0.05) is 32.8 Å². The van der Waals surface area contributed by atoms with Gasteiger partial charge in [-0.3, -0.25) is 0 Å². The molecule has 2 heterocycles. The van der Waals surface area contributed by atoms with E-state index in [4.69, 9.17) is 4.98 Å². The van der Waals surface area contributed by atoms with E-state index in [1.54, 1.807) is 6.08 Å². The highest BCUT2D eigenvalue weighted by Gasteiger charge is 2.19. The monoisotopic (exact) mass is 612 g/mol. The Labute approximate surface area is 279 Å². The van der Waals surface area contributed by atoms with Crippen LogP contribution in [0, 0.1) is 6.92 Å². The number of pyridine rings is 1. The number of aromatic nitrogens is 2. The van der Waals surface area contributed by atoms with Crippen molar-refractivity contribution in [3.8, 4) is 28.1 Å². The van der Waals surface area contributed by atoms with E-state index in [2.05, 4.69) is 170 Å². The lowest BCUT2D eigenvalue weighted by molar-refractivity contribution is 1.19. The minimum atomic E-state index is 0.974. The molecule has 9 aromatic rings. The number of fused-ring (bicyclic) bond motifs is 9. The van der Waals surface area contributed by atoms with Crippen LogP contribution in [0.25, 0.3) is 88.4 Å². The molecule has 0 bridgehead atoms. The minimum absolute atomic E-state index is 0.974. The van der Waals surface area contributed by atoms with Gasteiger partial charge in [-0.05, 0) is 75.7 Å². The molecule has 0 aliphatic rings. The second-order valence-corrected chi connectivity index (χ2v) is 12.4. The molecule has 0 fully saturated rings. The fourth-order valence-electron chi connectivity index (χ4n) is 7.40.